The molecule has 0 aliphatic heterocycles. The van der Waals surface area contributed by atoms with E-state index < -0.39 is 9.17 Å². The maximum atomic E-state index is 8.52. The molecule has 0 saturated carbocycles. The SMILES string of the molecule is O=[Si]([O-])[O-].[Al+3].[K+].[Na+]. The van der Waals surface area contributed by atoms with Gasteiger partial charge in [0.25, 0.3) is 0 Å². The molecular weight excluding hydrogens is 165 g/mol. The van der Waals surface area contributed by atoms with Crippen LogP contribution in [-0.2, 0) is 4.46 Å². The van der Waals surface area contributed by atoms with Gasteiger partial charge in [-0.1, -0.05) is 0 Å². The molecule has 0 saturated heterocycles. The van der Waals surface area contributed by atoms with Gasteiger partial charge in [0.15, 0.2) is 0 Å². The zero-order valence-electron chi connectivity index (χ0n) is 4.30. The molecule has 3 nitrogen and oxygen atoms in total. The average Bonchev–Trinajstić information content (AvgIpc) is 0.811. The Balaban J connectivity index is -0.0000000150. The summed E-state index contributed by atoms with van der Waals surface area (Å²) >= 11 is 0. The van der Waals surface area contributed by atoms with Crippen LogP contribution in [0.15, 0.2) is 0 Å². The third kappa shape index (κ3) is 52.1. The fraction of sp³-hybridized carbons (Fsp3) is 0. The molecule has 7 heavy (non-hydrogen) atoms. The zero-order valence-corrected chi connectivity index (χ0v) is 11.6. The van der Waals surface area contributed by atoms with E-state index >= 15 is 0 Å². The van der Waals surface area contributed by atoms with Gasteiger partial charge in [0.2, 0.25) is 0 Å². The van der Waals surface area contributed by atoms with E-state index in [1.54, 1.807) is 0 Å². The smallest absolute Gasteiger partial charge is 0.672 e. The minimum absolute atomic E-state index is 0. The van der Waals surface area contributed by atoms with Crippen LogP contribution in [0.25, 0.3) is 0 Å². The normalized spacial score (nSPS) is 3.43. The van der Waals surface area contributed by atoms with Crippen LogP contribution in [0.5, 0.6) is 0 Å². The van der Waals surface area contributed by atoms with Crippen LogP contribution in [0.2, 0.25) is 0 Å². The van der Waals surface area contributed by atoms with E-state index in [0.29, 0.717) is 0 Å². The molecule has 0 aromatic rings. The van der Waals surface area contributed by atoms with Crippen molar-refractivity contribution in [3.63, 3.8) is 0 Å². The molecule has 0 heterocycles. The van der Waals surface area contributed by atoms with Crippen molar-refractivity contribution in [3.8, 4) is 0 Å². The summed E-state index contributed by atoms with van der Waals surface area (Å²) in [5.41, 5.74) is 0. The van der Waals surface area contributed by atoms with E-state index in [1.807, 2.05) is 0 Å². The Morgan fingerprint density at radius 2 is 1.29 bits per heavy atom. The Kier molecular flexibility index (Phi) is 51.3. The molecule has 0 bridgehead atoms. The van der Waals surface area contributed by atoms with Gasteiger partial charge < -0.3 is 14.1 Å². The second-order valence-corrected chi connectivity index (χ2v) is 0.750. The van der Waals surface area contributed by atoms with Crippen molar-refractivity contribution in [1.82, 2.24) is 0 Å². The fourth-order valence-corrected chi connectivity index (χ4v) is 0. The Morgan fingerprint density at radius 3 is 1.29 bits per heavy atom. The van der Waals surface area contributed by atoms with Gasteiger partial charge in [-0.05, 0) is 0 Å². The Bertz CT molecular complexity index is 37.9. The molecule has 0 fully saturated rings. The first-order valence-corrected chi connectivity index (χ1v) is 1.84. The van der Waals surface area contributed by atoms with Crippen LogP contribution in [0, 0.1) is 0 Å². The van der Waals surface area contributed by atoms with Crippen LogP contribution in [0.3, 0.4) is 0 Å². The molecule has 0 amide bonds. The molecule has 0 radical (unpaired) electrons. The molecule has 0 aliphatic carbocycles. The summed E-state index contributed by atoms with van der Waals surface area (Å²) in [6.07, 6.45) is 0. The monoisotopic (exact) mass is 165 g/mol. The molecule has 0 unspecified atom stereocenters. The summed E-state index contributed by atoms with van der Waals surface area (Å²) in [7, 11) is -3.63. The van der Waals surface area contributed by atoms with Gasteiger partial charge in [-0.2, -0.15) is 0 Å². The van der Waals surface area contributed by atoms with Gasteiger partial charge in [-0.3, -0.25) is 0 Å². The summed E-state index contributed by atoms with van der Waals surface area (Å²) in [6, 6.07) is 0. The maximum absolute atomic E-state index is 8.52. The molecule has 7 heteroatoms. The summed E-state index contributed by atoms with van der Waals surface area (Å²) < 4.78 is 8.52. The Labute approximate surface area is 119 Å². The van der Waals surface area contributed by atoms with Gasteiger partial charge >= 0.3 is 98.3 Å². The van der Waals surface area contributed by atoms with Gasteiger partial charge in [0.05, 0.1) is 0 Å². The number of hydrogen-bond donors (Lipinski definition) is 0. The van der Waals surface area contributed by atoms with E-state index in [-0.39, 0.29) is 98.3 Å². The quantitative estimate of drug-likeness (QED) is 0.335. The van der Waals surface area contributed by atoms with E-state index in [4.69, 9.17) is 14.1 Å². The van der Waals surface area contributed by atoms with E-state index in [0.717, 1.165) is 0 Å². The topological polar surface area (TPSA) is 63.2 Å². The Hall–Kier alpha value is 2.79. The molecule has 0 aromatic carbocycles. The van der Waals surface area contributed by atoms with Crippen molar-refractivity contribution in [2.75, 3.05) is 0 Å². The van der Waals surface area contributed by atoms with Crippen molar-refractivity contribution < 1.29 is 95.0 Å². The molecule has 0 N–H and O–H groups in total. The molecule has 24 valence electrons. The van der Waals surface area contributed by atoms with Crippen molar-refractivity contribution in [1.29, 1.82) is 0 Å². The standard InChI is InChI=1S/Al.K.Na.O3Si/c;;;1-4(2)3/q+3;2*+1;-2. The van der Waals surface area contributed by atoms with Crippen LogP contribution >= 0.6 is 0 Å². The van der Waals surface area contributed by atoms with Gasteiger partial charge in [-0.25, -0.2) is 0 Å². The first-order valence-electron chi connectivity index (χ1n) is 0.612. The third-order valence-electron chi connectivity index (χ3n) is 0. The minimum atomic E-state index is -3.63. The minimum Gasteiger partial charge on any atom is -0.672 e. The molecule has 0 atom stereocenters. The summed E-state index contributed by atoms with van der Waals surface area (Å²) in [5, 5.41) is 0. The van der Waals surface area contributed by atoms with Crippen molar-refractivity contribution >= 4 is 26.5 Å². The van der Waals surface area contributed by atoms with Crippen LogP contribution in [-0.4, -0.2) is 26.5 Å². The molecule has 0 rings (SSSR count). The second kappa shape index (κ2) is 15.9. The number of rotatable bonds is 0. The van der Waals surface area contributed by atoms with Crippen LogP contribution in [0.4, 0.5) is 0 Å². The first kappa shape index (κ1) is 22.6. The predicted octanol–water partition coefficient (Wildman–Crippen LogP) is -9.25. The molecule has 0 aromatic heterocycles. The van der Waals surface area contributed by atoms with Crippen LogP contribution < -0.4 is 90.5 Å². The average molecular weight is 165 g/mol. The largest absolute Gasteiger partial charge is 3.00 e. The van der Waals surface area contributed by atoms with E-state index in [2.05, 4.69) is 0 Å². The van der Waals surface area contributed by atoms with Crippen molar-refractivity contribution in [3.05, 3.63) is 0 Å². The predicted molar refractivity (Wildman–Crippen MR) is 12.2 cm³/mol. The van der Waals surface area contributed by atoms with Crippen molar-refractivity contribution in [2.24, 2.45) is 0 Å². The van der Waals surface area contributed by atoms with Gasteiger partial charge in [0, 0.05) is 9.17 Å². The fourth-order valence-electron chi connectivity index (χ4n) is 0. The van der Waals surface area contributed by atoms with Crippen LogP contribution in [0.1, 0.15) is 0 Å². The molecular formula is AlKNaO3Si+3. The van der Waals surface area contributed by atoms with E-state index in [9.17, 15) is 0 Å². The molecule has 0 aliphatic rings. The zero-order chi connectivity index (χ0) is 3.58. The van der Waals surface area contributed by atoms with Gasteiger partial charge in [-0.15, -0.1) is 0 Å². The summed E-state index contributed by atoms with van der Waals surface area (Å²) in [5.74, 6) is 0. The first-order chi connectivity index (χ1) is 1.73. The Morgan fingerprint density at radius 1 is 1.29 bits per heavy atom. The molecule has 0 spiro atoms. The summed E-state index contributed by atoms with van der Waals surface area (Å²) in [6.45, 7) is 0. The maximum Gasteiger partial charge on any atom is 3.00 e. The van der Waals surface area contributed by atoms with E-state index in [1.165, 1.54) is 0 Å². The summed E-state index contributed by atoms with van der Waals surface area (Å²) in [4.78, 5) is 17.0. The van der Waals surface area contributed by atoms with Gasteiger partial charge in [0.1, 0.15) is 0 Å². The third-order valence-corrected chi connectivity index (χ3v) is 0. The number of hydrogen-bond acceptors (Lipinski definition) is 3. The van der Waals surface area contributed by atoms with Crippen molar-refractivity contribution in [2.45, 2.75) is 0 Å². The second-order valence-electron chi connectivity index (χ2n) is 0.250.